The number of hydrogen-bond donors (Lipinski definition) is 4. The molecule has 0 spiro atoms. The van der Waals surface area contributed by atoms with E-state index in [-0.39, 0.29) is 23.6 Å². The summed E-state index contributed by atoms with van der Waals surface area (Å²) in [5.74, 6) is 0.0486. The highest BCUT2D eigenvalue weighted by atomic mass is 35.5. The largest absolute Gasteiger partial charge is 0.357 e. The number of hydrazine groups is 2. The Hall–Kier alpha value is -3.57. The average Bonchev–Trinajstić information content (AvgIpc) is 3.42. The molecule has 1 amide bonds. The van der Waals surface area contributed by atoms with E-state index in [0.29, 0.717) is 34.5 Å². The second-order valence-corrected chi connectivity index (χ2v) is 11.3. The molecule has 10 nitrogen and oxygen atoms in total. The predicted octanol–water partition coefficient (Wildman–Crippen LogP) is 3.49. The van der Waals surface area contributed by atoms with Gasteiger partial charge in [-0.05, 0) is 48.7 Å². The standard InChI is InChI=1S/C29H32Cl2N8O2/c30-20-8-9-25(39-17-27(31)35-36-39)22(14-20)23-15-28(40)38(18-34-23)24-7-2-1-3-10-33-29(41)26-16-32-11-12-37(26)21-6-4-5-19(24)13-21/h4-6,8-9,13-15,17-18,24,26,32,35-36H,1-3,7,10-12,16H2,(H,33,41)/t24-,26+/m0/s1. The van der Waals surface area contributed by atoms with Crippen LogP contribution in [0, 0.1) is 0 Å². The van der Waals surface area contributed by atoms with Gasteiger partial charge in [0.05, 0.1) is 30.0 Å². The molecule has 0 saturated carbocycles. The van der Waals surface area contributed by atoms with Crippen LogP contribution >= 0.6 is 23.2 Å². The zero-order valence-electron chi connectivity index (χ0n) is 22.4. The fourth-order valence-corrected chi connectivity index (χ4v) is 6.04. The molecule has 0 unspecified atom stereocenters. The van der Waals surface area contributed by atoms with Crippen LogP contribution in [0.3, 0.4) is 0 Å². The van der Waals surface area contributed by atoms with E-state index in [2.05, 4.69) is 38.6 Å². The normalized spacial score (nSPS) is 21.5. The van der Waals surface area contributed by atoms with Crippen molar-refractivity contribution in [1.29, 1.82) is 0 Å². The molecule has 41 heavy (non-hydrogen) atoms. The van der Waals surface area contributed by atoms with Crippen LogP contribution in [0.4, 0.5) is 11.4 Å². The summed E-state index contributed by atoms with van der Waals surface area (Å²) in [5.41, 5.74) is 9.59. The molecule has 0 aliphatic carbocycles. The van der Waals surface area contributed by atoms with Crippen molar-refractivity contribution in [3.63, 3.8) is 0 Å². The maximum atomic E-state index is 13.7. The first-order chi connectivity index (χ1) is 20.0. The van der Waals surface area contributed by atoms with Crippen LogP contribution in [0.25, 0.3) is 11.3 Å². The van der Waals surface area contributed by atoms with Gasteiger partial charge in [-0.3, -0.25) is 24.6 Å². The lowest BCUT2D eigenvalue weighted by molar-refractivity contribution is -0.122. The van der Waals surface area contributed by atoms with Crippen molar-refractivity contribution in [2.24, 2.45) is 0 Å². The minimum Gasteiger partial charge on any atom is -0.357 e. The summed E-state index contributed by atoms with van der Waals surface area (Å²) >= 11 is 12.4. The average molecular weight is 596 g/mol. The van der Waals surface area contributed by atoms with Crippen molar-refractivity contribution in [3.05, 3.63) is 87.2 Å². The number of hydrogen-bond acceptors (Lipinski definition) is 8. The number of nitrogens with zero attached hydrogens (tertiary/aromatic N) is 4. The summed E-state index contributed by atoms with van der Waals surface area (Å²) in [6, 6.07) is 14.7. The van der Waals surface area contributed by atoms with Gasteiger partial charge >= 0.3 is 0 Å². The van der Waals surface area contributed by atoms with Crippen molar-refractivity contribution >= 4 is 40.5 Å². The summed E-state index contributed by atoms with van der Waals surface area (Å²) < 4.78 is 1.72. The van der Waals surface area contributed by atoms with E-state index in [4.69, 9.17) is 28.2 Å². The van der Waals surface area contributed by atoms with Crippen molar-refractivity contribution < 1.29 is 4.79 Å². The van der Waals surface area contributed by atoms with Gasteiger partial charge in [0.1, 0.15) is 11.2 Å². The molecule has 214 valence electrons. The number of fused-ring (bicyclic) bond motifs is 4. The summed E-state index contributed by atoms with van der Waals surface area (Å²) in [6.07, 6.45) is 6.85. The van der Waals surface area contributed by atoms with Crippen LogP contribution in [-0.2, 0) is 4.79 Å². The van der Waals surface area contributed by atoms with Crippen LogP contribution < -0.4 is 37.1 Å². The zero-order valence-corrected chi connectivity index (χ0v) is 24.0. The predicted molar refractivity (Wildman–Crippen MR) is 162 cm³/mol. The molecule has 1 aromatic heterocycles. The van der Waals surface area contributed by atoms with Crippen molar-refractivity contribution in [2.75, 3.05) is 36.1 Å². The molecular formula is C29H32Cl2N8O2. The number of benzene rings is 2. The fraction of sp³-hybridized carbons (Fsp3) is 0.345. The molecule has 4 N–H and O–H groups in total. The van der Waals surface area contributed by atoms with Gasteiger partial charge in [0, 0.05) is 48.5 Å². The third-order valence-electron chi connectivity index (χ3n) is 7.79. The van der Waals surface area contributed by atoms with Gasteiger partial charge in [-0.25, -0.2) is 4.98 Å². The Kier molecular flexibility index (Phi) is 8.16. The van der Waals surface area contributed by atoms with Gasteiger partial charge in [0.2, 0.25) is 5.91 Å². The van der Waals surface area contributed by atoms with Gasteiger partial charge in [0.15, 0.2) is 0 Å². The fourth-order valence-electron chi connectivity index (χ4n) is 5.73. The van der Waals surface area contributed by atoms with E-state index in [1.54, 1.807) is 40.3 Å². The molecule has 2 atom stereocenters. The first-order valence-electron chi connectivity index (χ1n) is 13.9. The Morgan fingerprint density at radius 3 is 2.68 bits per heavy atom. The van der Waals surface area contributed by atoms with Gasteiger partial charge in [0.25, 0.3) is 5.56 Å². The third-order valence-corrected chi connectivity index (χ3v) is 8.22. The summed E-state index contributed by atoms with van der Waals surface area (Å²) in [6.45, 7) is 2.77. The number of anilines is 2. The minimum atomic E-state index is -0.279. The summed E-state index contributed by atoms with van der Waals surface area (Å²) in [4.78, 5) is 33.6. The number of nitrogens with one attached hydrogen (secondary N) is 4. The molecule has 1 fully saturated rings. The second-order valence-electron chi connectivity index (χ2n) is 10.4. The Bertz CT molecular complexity index is 1530. The monoisotopic (exact) mass is 594 g/mol. The van der Waals surface area contributed by atoms with Crippen LogP contribution in [0.2, 0.25) is 5.02 Å². The maximum absolute atomic E-state index is 13.7. The summed E-state index contributed by atoms with van der Waals surface area (Å²) in [5, 5.41) is 9.14. The SMILES string of the molecule is O=C1NCCCCC[C@H](n2cnc(-c3cc(Cl)ccc3N3C=C(Cl)NN3)cc2=O)c2cccc(c2)N2CCNC[C@H]12. The highest BCUT2D eigenvalue weighted by Gasteiger charge is 2.29. The Balaban J connectivity index is 1.37. The van der Waals surface area contributed by atoms with Gasteiger partial charge in [-0.2, -0.15) is 0 Å². The number of carbonyl (C=O) groups excluding carboxylic acids is 1. The molecule has 2 bridgehead atoms. The highest BCUT2D eigenvalue weighted by Crippen LogP contribution is 2.33. The third kappa shape index (κ3) is 5.92. The number of carbonyl (C=O) groups is 1. The number of aromatic nitrogens is 2. The lowest BCUT2D eigenvalue weighted by atomic mass is 9.98. The van der Waals surface area contributed by atoms with E-state index < -0.39 is 0 Å². The van der Waals surface area contributed by atoms with Crippen LogP contribution in [0.5, 0.6) is 0 Å². The lowest BCUT2D eigenvalue weighted by Gasteiger charge is -2.37. The van der Waals surface area contributed by atoms with Crippen LogP contribution in [0.15, 0.2) is 71.0 Å². The topological polar surface area (TPSA) is 107 Å². The van der Waals surface area contributed by atoms with Crippen LogP contribution in [0.1, 0.15) is 37.3 Å². The molecule has 4 heterocycles. The Morgan fingerprint density at radius 1 is 0.951 bits per heavy atom. The number of rotatable bonds is 3. The van der Waals surface area contributed by atoms with E-state index in [0.717, 1.165) is 55.7 Å². The molecule has 2 aromatic carbocycles. The maximum Gasteiger partial charge on any atom is 0.254 e. The highest BCUT2D eigenvalue weighted by molar-refractivity contribution is 6.31. The number of piperazine rings is 1. The van der Waals surface area contributed by atoms with Crippen molar-refractivity contribution in [2.45, 2.75) is 37.8 Å². The second kappa shape index (κ2) is 12.1. The quantitative estimate of drug-likeness (QED) is 0.341. The zero-order chi connectivity index (χ0) is 28.3. The van der Waals surface area contributed by atoms with E-state index >= 15 is 0 Å². The molecule has 3 aliphatic heterocycles. The van der Waals surface area contributed by atoms with Crippen molar-refractivity contribution in [3.8, 4) is 11.3 Å². The molecule has 3 aromatic rings. The molecule has 12 heteroatoms. The Labute approximate surface area is 248 Å². The van der Waals surface area contributed by atoms with Gasteiger partial charge in [-0.1, -0.05) is 48.2 Å². The minimum absolute atomic E-state index is 0.0486. The Morgan fingerprint density at radius 2 is 1.85 bits per heavy atom. The molecular weight excluding hydrogens is 563 g/mol. The first kappa shape index (κ1) is 27.6. The van der Waals surface area contributed by atoms with E-state index in [1.165, 1.54) is 0 Å². The van der Waals surface area contributed by atoms with Crippen LogP contribution in [-0.4, -0.2) is 47.7 Å². The summed E-state index contributed by atoms with van der Waals surface area (Å²) in [7, 11) is 0. The van der Waals surface area contributed by atoms with Crippen molar-refractivity contribution in [1.82, 2.24) is 31.1 Å². The number of amides is 1. The molecule has 3 aliphatic rings. The first-order valence-corrected chi connectivity index (χ1v) is 14.6. The number of halogens is 2. The molecule has 6 rings (SSSR count). The van der Waals surface area contributed by atoms with E-state index in [1.807, 2.05) is 18.2 Å². The van der Waals surface area contributed by atoms with E-state index in [9.17, 15) is 9.59 Å². The van der Waals surface area contributed by atoms with Gasteiger partial charge < -0.3 is 15.5 Å². The van der Waals surface area contributed by atoms with Gasteiger partial charge in [-0.15, -0.1) is 5.53 Å². The molecule has 0 radical (unpaired) electrons. The lowest BCUT2D eigenvalue weighted by Crippen LogP contribution is -2.58. The molecule has 1 saturated heterocycles. The smallest absolute Gasteiger partial charge is 0.254 e.